The lowest BCUT2D eigenvalue weighted by Crippen LogP contribution is -2.77. The predicted octanol–water partition coefficient (Wildman–Crippen LogP) is 3.42. The third-order valence-electron chi connectivity index (χ3n) is 8.34. The number of hydrogen-bond donors (Lipinski definition) is 2. The highest BCUT2D eigenvalue weighted by molar-refractivity contribution is 5.97. The molecule has 35 heavy (non-hydrogen) atoms. The van der Waals surface area contributed by atoms with Crippen LogP contribution in [0.2, 0.25) is 0 Å². The van der Waals surface area contributed by atoms with Crippen molar-refractivity contribution < 1.29 is 9.59 Å². The molecule has 4 aliphatic rings. The summed E-state index contributed by atoms with van der Waals surface area (Å²) in [6, 6.07) is 18.7. The van der Waals surface area contributed by atoms with Crippen molar-refractivity contribution in [2.45, 2.75) is 51.4 Å². The van der Waals surface area contributed by atoms with Gasteiger partial charge in [0.2, 0.25) is 11.8 Å². The molecule has 5 atom stereocenters. The average Bonchev–Trinajstić information content (AvgIpc) is 3.06. The van der Waals surface area contributed by atoms with Crippen molar-refractivity contribution in [3.63, 3.8) is 0 Å². The van der Waals surface area contributed by atoms with Crippen LogP contribution in [0.3, 0.4) is 0 Å². The van der Waals surface area contributed by atoms with Crippen LogP contribution in [0, 0.1) is 23.7 Å². The molecule has 0 radical (unpaired) electrons. The zero-order chi connectivity index (χ0) is 24.7. The quantitative estimate of drug-likeness (QED) is 0.615. The van der Waals surface area contributed by atoms with Crippen LogP contribution in [0.15, 0.2) is 54.6 Å². The first kappa shape index (κ1) is 23.9. The summed E-state index contributed by atoms with van der Waals surface area (Å²) in [4.78, 5) is 31.7. The Hall–Kier alpha value is -2.86. The number of nitrogens with one attached hydrogen (secondary N) is 2. The lowest BCUT2D eigenvalue weighted by Gasteiger charge is -2.55. The van der Waals surface area contributed by atoms with E-state index in [9.17, 15) is 9.59 Å². The van der Waals surface area contributed by atoms with Crippen LogP contribution in [-0.4, -0.2) is 48.9 Å². The van der Waals surface area contributed by atoms with Gasteiger partial charge in [-0.25, -0.2) is 0 Å². The van der Waals surface area contributed by atoms with E-state index in [4.69, 9.17) is 0 Å². The number of amides is 2. The molecule has 2 amide bonds. The Morgan fingerprint density at radius 3 is 2.49 bits per heavy atom. The van der Waals surface area contributed by atoms with E-state index in [-0.39, 0.29) is 35.6 Å². The number of anilines is 1. The van der Waals surface area contributed by atoms with Gasteiger partial charge in [0.05, 0.1) is 0 Å². The second-order valence-corrected chi connectivity index (χ2v) is 11.3. The number of carbonyl (C=O) groups excluding carboxylic acids is 2. The summed E-state index contributed by atoms with van der Waals surface area (Å²) < 4.78 is 0. The van der Waals surface area contributed by atoms with Crippen molar-refractivity contribution >= 4 is 17.5 Å². The van der Waals surface area contributed by atoms with Crippen LogP contribution < -0.4 is 15.5 Å². The summed E-state index contributed by atoms with van der Waals surface area (Å²) in [5, 5.41) is 6.47. The molecule has 3 aliphatic heterocycles. The molecule has 2 N–H and O–H groups in total. The Labute approximate surface area is 209 Å². The number of carbonyl (C=O) groups is 2. The molecule has 3 heterocycles. The first-order chi connectivity index (χ1) is 16.8. The van der Waals surface area contributed by atoms with E-state index < -0.39 is 5.54 Å². The molecule has 6 heteroatoms. The molecule has 3 saturated heterocycles. The van der Waals surface area contributed by atoms with Gasteiger partial charge >= 0.3 is 0 Å². The van der Waals surface area contributed by atoms with E-state index in [1.54, 1.807) is 0 Å². The average molecular weight is 475 g/mol. The normalized spacial score (nSPS) is 29.3. The largest absolute Gasteiger partial charge is 0.378 e. The van der Waals surface area contributed by atoms with Crippen molar-refractivity contribution in [1.82, 2.24) is 15.5 Å². The maximum atomic E-state index is 13.9. The van der Waals surface area contributed by atoms with Crippen LogP contribution in [0.1, 0.15) is 37.8 Å². The number of nitrogens with zero attached hydrogens (tertiary/aromatic N) is 2. The summed E-state index contributed by atoms with van der Waals surface area (Å²) in [5.74, 6) is 0.827. The van der Waals surface area contributed by atoms with E-state index in [0.717, 1.165) is 31.5 Å². The molecule has 4 fully saturated rings. The molecule has 6 nitrogen and oxygen atoms in total. The van der Waals surface area contributed by atoms with Crippen LogP contribution in [0.5, 0.6) is 0 Å². The molecule has 2 aromatic carbocycles. The minimum Gasteiger partial charge on any atom is -0.378 e. The smallest absolute Gasteiger partial charge is 0.248 e. The Kier molecular flexibility index (Phi) is 6.34. The molecule has 2 aromatic rings. The van der Waals surface area contributed by atoms with Crippen molar-refractivity contribution in [2.24, 2.45) is 23.7 Å². The van der Waals surface area contributed by atoms with Gasteiger partial charge in [-0.2, -0.15) is 0 Å². The van der Waals surface area contributed by atoms with Crippen molar-refractivity contribution in [2.75, 3.05) is 25.5 Å². The molecule has 0 spiro atoms. The number of rotatable bonds is 8. The van der Waals surface area contributed by atoms with Gasteiger partial charge in [-0.05, 0) is 47.9 Å². The third-order valence-corrected chi connectivity index (χ3v) is 8.34. The monoisotopic (exact) mass is 474 g/mol. The standard InChI is InChI=1S/C29H38N4O2/c1-19(2)14-24-25-15-22-18-33(17-21-10-12-23(13-11-21)32(3)4)26(24)29(22,31-27(25)34)28(35)30-16-20-8-6-5-7-9-20/h5-13,19,22,24-26H,14-18H2,1-4H3,(H,30,35)(H,31,34)/t22-,24+,25+,26-,29-/m0/s1. The fraction of sp³-hybridized carbons (Fsp3) is 0.517. The first-order valence-electron chi connectivity index (χ1n) is 12.9. The Morgan fingerprint density at radius 1 is 1.11 bits per heavy atom. The zero-order valence-electron chi connectivity index (χ0n) is 21.3. The maximum absolute atomic E-state index is 13.9. The highest BCUT2D eigenvalue weighted by Crippen LogP contribution is 2.54. The Balaban J connectivity index is 1.45. The van der Waals surface area contributed by atoms with Crippen LogP contribution in [0.25, 0.3) is 0 Å². The van der Waals surface area contributed by atoms with Gasteiger partial charge in [-0.1, -0.05) is 56.3 Å². The van der Waals surface area contributed by atoms with Gasteiger partial charge in [-0.3, -0.25) is 14.5 Å². The number of benzene rings is 2. The number of piperidine rings is 2. The Morgan fingerprint density at radius 2 is 1.83 bits per heavy atom. The minimum absolute atomic E-state index is 0.00249. The molecule has 0 unspecified atom stereocenters. The second-order valence-electron chi connectivity index (χ2n) is 11.3. The highest BCUT2D eigenvalue weighted by atomic mass is 16.2. The number of fused-ring (bicyclic) bond motifs is 1. The first-order valence-corrected chi connectivity index (χ1v) is 12.9. The molecule has 0 aromatic heterocycles. The van der Waals surface area contributed by atoms with Crippen molar-refractivity contribution in [3.05, 3.63) is 65.7 Å². The molecule has 6 rings (SSSR count). The highest BCUT2D eigenvalue weighted by Gasteiger charge is 2.70. The van der Waals surface area contributed by atoms with E-state index in [1.807, 2.05) is 44.4 Å². The molecular formula is C29H38N4O2. The fourth-order valence-corrected chi connectivity index (χ4v) is 6.85. The lowest BCUT2D eigenvalue weighted by molar-refractivity contribution is -0.155. The van der Waals surface area contributed by atoms with Gasteiger partial charge < -0.3 is 15.5 Å². The van der Waals surface area contributed by atoms with Crippen molar-refractivity contribution in [1.29, 1.82) is 0 Å². The van der Waals surface area contributed by atoms with Gasteiger partial charge in [-0.15, -0.1) is 0 Å². The SMILES string of the molecule is CC(C)C[C@H]1[C@@H]2N(Cc3ccc(N(C)C)cc3)C[C@@H]3C[C@H]1C(=O)N[C@@]32C(=O)NCc1ccccc1. The van der Waals surface area contributed by atoms with E-state index in [0.29, 0.717) is 12.5 Å². The van der Waals surface area contributed by atoms with Crippen LogP contribution >= 0.6 is 0 Å². The molecule has 186 valence electrons. The lowest BCUT2D eigenvalue weighted by atomic mass is 9.57. The number of likely N-dealkylation sites (tertiary alicyclic amines) is 1. The van der Waals surface area contributed by atoms with Gasteiger partial charge in [0, 0.05) is 57.3 Å². The van der Waals surface area contributed by atoms with Gasteiger partial charge in [0.25, 0.3) is 0 Å². The second kappa shape index (κ2) is 9.30. The van der Waals surface area contributed by atoms with E-state index in [1.165, 1.54) is 11.3 Å². The van der Waals surface area contributed by atoms with Gasteiger partial charge in [0.1, 0.15) is 5.54 Å². The van der Waals surface area contributed by atoms with E-state index in [2.05, 4.69) is 58.5 Å². The van der Waals surface area contributed by atoms with Crippen LogP contribution in [0.4, 0.5) is 5.69 Å². The summed E-state index contributed by atoms with van der Waals surface area (Å²) in [6.45, 7) is 6.54. The molecule has 4 bridgehead atoms. The van der Waals surface area contributed by atoms with Crippen molar-refractivity contribution in [3.8, 4) is 0 Å². The predicted molar refractivity (Wildman–Crippen MR) is 139 cm³/mol. The zero-order valence-corrected chi connectivity index (χ0v) is 21.3. The fourth-order valence-electron chi connectivity index (χ4n) is 6.85. The maximum Gasteiger partial charge on any atom is 0.248 e. The summed E-state index contributed by atoms with van der Waals surface area (Å²) >= 11 is 0. The summed E-state index contributed by atoms with van der Waals surface area (Å²) in [6.07, 6.45) is 1.76. The topological polar surface area (TPSA) is 64.7 Å². The Bertz CT molecular complexity index is 1070. The minimum atomic E-state index is -0.857. The summed E-state index contributed by atoms with van der Waals surface area (Å²) in [7, 11) is 4.10. The number of hydrogen-bond acceptors (Lipinski definition) is 4. The molecule has 1 aliphatic carbocycles. The van der Waals surface area contributed by atoms with Gasteiger partial charge in [0.15, 0.2) is 0 Å². The molecular weight excluding hydrogens is 436 g/mol. The van der Waals surface area contributed by atoms with E-state index >= 15 is 0 Å². The van der Waals surface area contributed by atoms with Crippen LogP contribution in [-0.2, 0) is 22.7 Å². The molecule has 1 saturated carbocycles. The summed E-state index contributed by atoms with van der Waals surface area (Å²) in [5.41, 5.74) is 2.63. The third kappa shape index (κ3) is 4.22.